The van der Waals surface area contributed by atoms with Crippen molar-refractivity contribution in [2.75, 3.05) is 5.32 Å². The molecule has 0 atom stereocenters. The van der Waals surface area contributed by atoms with Gasteiger partial charge in [0.05, 0.1) is 5.69 Å². The smallest absolute Gasteiger partial charge is 0.295 e. The third-order valence-corrected chi connectivity index (χ3v) is 4.86. The minimum absolute atomic E-state index is 0.0631. The summed E-state index contributed by atoms with van der Waals surface area (Å²) in [5.74, 6) is 0.209. The predicted octanol–water partition coefficient (Wildman–Crippen LogP) is 5.80. The van der Waals surface area contributed by atoms with E-state index in [0.717, 1.165) is 16.8 Å². The van der Waals surface area contributed by atoms with Gasteiger partial charge in [-0.05, 0) is 67.1 Å². The molecule has 4 rings (SSSR count). The molecule has 5 nitrogen and oxygen atoms in total. The van der Waals surface area contributed by atoms with Gasteiger partial charge in [0.1, 0.15) is 0 Å². The van der Waals surface area contributed by atoms with Gasteiger partial charge in [-0.2, -0.15) is 0 Å². The molecule has 1 heterocycles. The summed E-state index contributed by atoms with van der Waals surface area (Å²) in [7, 11) is 0. The van der Waals surface area contributed by atoms with Crippen LogP contribution in [0, 0.1) is 6.92 Å². The van der Waals surface area contributed by atoms with Crippen molar-refractivity contribution in [2.45, 2.75) is 6.92 Å². The van der Waals surface area contributed by atoms with Crippen LogP contribution in [0.3, 0.4) is 0 Å². The monoisotopic (exact) mass is 422 g/mol. The third kappa shape index (κ3) is 4.16. The number of nitrogens with one attached hydrogen (secondary N) is 1. The van der Waals surface area contributed by atoms with Gasteiger partial charge in [-0.3, -0.25) is 4.79 Å². The Balaban J connectivity index is 1.76. The molecular formula is C22H16Cl2N4O. The molecule has 7 heteroatoms. The molecular weight excluding hydrogens is 407 g/mol. The van der Waals surface area contributed by atoms with Gasteiger partial charge in [0.15, 0.2) is 5.82 Å². The van der Waals surface area contributed by atoms with Crippen molar-refractivity contribution in [2.24, 2.45) is 0 Å². The Bertz CT molecular complexity index is 1170. The lowest BCUT2D eigenvalue weighted by atomic mass is 10.2. The number of halogens is 2. The first-order chi connectivity index (χ1) is 14.0. The number of carbonyl (C=O) groups excluding carboxylic acids is 1. The van der Waals surface area contributed by atoms with Crippen molar-refractivity contribution in [3.8, 4) is 17.1 Å². The second-order valence-electron chi connectivity index (χ2n) is 6.43. The first-order valence-corrected chi connectivity index (χ1v) is 9.63. The largest absolute Gasteiger partial charge is 0.319 e. The molecule has 144 valence electrons. The van der Waals surface area contributed by atoms with E-state index >= 15 is 0 Å². The second-order valence-corrected chi connectivity index (χ2v) is 7.30. The molecule has 3 aromatic carbocycles. The summed E-state index contributed by atoms with van der Waals surface area (Å²) >= 11 is 11.9. The Morgan fingerprint density at radius 3 is 2.17 bits per heavy atom. The maximum atomic E-state index is 12.8. The maximum absolute atomic E-state index is 12.8. The van der Waals surface area contributed by atoms with Crippen molar-refractivity contribution in [1.29, 1.82) is 0 Å². The van der Waals surface area contributed by atoms with Crippen molar-refractivity contribution in [3.63, 3.8) is 0 Å². The summed E-state index contributed by atoms with van der Waals surface area (Å²) in [5, 5.41) is 8.50. The van der Waals surface area contributed by atoms with Crippen molar-refractivity contribution in [3.05, 3.63) is 94.2 Å². The number of hydrogen-bond acceptors (Lipinski definition) is 3. The summed E-state index contributed by atoms with van der Waals surface area (Å²) in [4.78, 5) is 17.3. The van der Waals surface area contributed by atoms with Crippen LogP contribution in [0.4, 0.5) is 5.69 Å². The molecule has 0 radical (unpaired) electrons. The number of amides is 1. The van der Waals surface area contributed by atoms with E-state index in [1.165, 1.54) is 0 Å². The van der Waals surface area contributed by atoms with Gasteiger partial charge >= 0.3 is 0 Å². The Morgan fingerprint density at radius 1 is 0.897 bits per heavy atom. The first kappa shape index (κ1) is 19.2. The van der Waals surface area contributed by atoms with Gasteiger partial charge in [0.25, 0.3) is 5.91 Å². The molecule has 0 fully saturated rings. The molecule has 0 bridgehead atoms. The van der Waals surface area contributed by atoms with Crippen LogP contribution in [0.5, 0.6) is 0 Å². The minimum atomic E-state index is -0.408. The minimum Gasteiger partial charge on any atom is -0.319 e. The van der Waals surface area contributed by atoms with Gasteiger partial charge < -0.3 is 5.32 Å². The number of rotatable bonds is 4. The number of hydrogen-bond donors (Lipinski definition) is 1. The van der Waals surface area contributed by atoms with Gasteiger partial charge in [-0.1, -0.05) is 41.4 Å². The number of para-hydroxylation sites is 1. The Kier molecular flexibility index (Phi) is 5.34. The molecule has 0 unspecified atom stereocenters. The van der Waals surface area contributed by atoms with Crippen LogP contribution in [-0.2, 0) is 0 Å². The predicted molar refractivity (Wildman–Crippen MR) is 116 cm³/mol. The van der Waals surface area contributed by atoms with E-state index < -0.39 is 5.91 Å². The normalized spacial score (nSPS) is 10.7. The van der Waals surface area contributed by atoms with Crippen molar-refractivity contribution in [1.82, 2.24) is 14.8 Å². The molecule has 4 aromatic rings. The van der Waals surface area contributed by atoms with Gasteiger partial charge in [-0.15, -0.1) is 5.10 Å². The summed E-state index contributed by atoms with van der Waals surface area (Å²) < 4.78 is 1.68. The van der Waals surface area contributed by atoms with Crippen LogP contribution in [-0.4, -0.2) is 20.7 Å². The quantitative estimate of drug-likeness (QED) is 0.451. The van der Waals surface area contributed by atoms with Gasteiger partial charge in [0.2, 0.25) is 5.82 Å². The Hall–Kier alpha value is -3.15. The zero-order valence-corrected chi connectivity index (χ0v) is 16.9. The first-order valence-electron chi connectivity index (χ1n) is 8.87. The van der Waals surface area contributed by atoms with E-state index in [-0.39, 0.29) is 5.82 Å². The van der Waals surface area contributed by atoms with E-state index in [1.54, 1.807) is 41.1 Å². The zero-order valence-electron chi connectivity index (χ0n) is 15.4. The number of aromatic nitrogens is 3. The lowest BCUT2D eigenvalue weighted by Crippen LogP contribution is -2.14. The average Bonchev–Trinajstić information content (AvgIpc) is 3.16. The van der Waals surface area contributed by atoms with Crippen LogP contribution in [0.1, 0.15) is 16.2 Å². The molecule has 1 N–H and O–H groups in total. The fraction of sp³-hybridized carbons (Fsp3) is 0.0455. The number of nitrogens with zero attached hydrogens (tertiary/aromatic N) is 3. The van der Waals surface area contributed by atoms with E-state index in [2.05, 4.69) is 15.4 Å². The summed E-state index contributed by atoms with van der Waals surface area (Å²) in [6, 6.07) is 21.9. The topological polar surface area (TPSA) is 59.8 Å². The molecule has 0 aliphatic heterocycles. The van der Waals surface area contributed by atoms with Crippen LogP contribution in [0.15, 0.2) is 72.8 Å². The third-order valence-electron chi connectivity index (χ3n) is 4.36. The SMILES string of the molecule is Cc1ccccc1-n1nc(C(=O)Nc2ccc(Cl)cc2)nc1-c1ccc(Cl)cc1. The van der Waals surface area contributed by atoms with Crippen molar-refractivity contribution >= 4 is 34.8 Å². The highest BCUT2D eigenvalue weighted by Crippen LogP contribution is 2.25. The van der Waals surface area contributed by atoms with Crippen LogP contribution in [0.25, 0.3) is 17.1 Å². The lowest BCUT2D eigenvalue weighted by molar-refractivity contribution is 0.101. The molecule has 0 aliphatic carbocycles. The molecule has 0 spiro atoms. The highest BCUT2D eigenvalue weighted by Gasteiger charge is 2.19. The number of benzene rings is 3. The van der Waals surface area contributed by atoms with Crippen LogP contribution in [0.2, 0.25) is 10.0 Å². The summed E-state index contributed by atoms with van der Waals surface area (Å²) in [5.41, 5.74) is 3.27. The van der Waals surface area contributed by atoms with E-state index in [4.69, 9.17) is 23.2 Å². The highest BCUT2D eigenvalue weighted by molar-refractivity contribution is 6.31. The van der Waals surface area contributed by atoms with Crippen LogP contribution >= 0.6 is 23.2 Å². The van der Waals surface area contributed by atoms with Gasteiger partial charge in [0, 0.05) is 21.3 Å². The summed E-state index contributed by atoms with van der Waals surface area (Å²) in [6.07, 6.45) is 0. The molecule has 29 heavy (non-hydrogen) atoms. The van der Waals surface area contributed by atoms with Crippen molar-refractivity contribution < 1.29 is 4.79 Å². The molecule has 0 saturated heterocycles. The zero-order chi connectivity index (χ0) is 20.4. The second kappa shape index (κ2) is 8.07. The van der Waals surface area contributed by atoms with Crippen LogP contribution < -0.4 is 5.32 Å². The fourth-order valence-electron chi connectivity index (χ4n) is 2.88. The average molecular weight is 423 g/mol. The lowest BCUT2D eigenvalue weighted by Gasteiger charge is -2.08. The Morgan fingerprint density at radius 2 is 1.52 bits per heavy atom. The van der Waals surface area contributed by atoms with E-state index in [9.17, 15) is 4.79 Å². The standard InChI is InChI=1S/C22H16Cl2N4O/c1-14-4-2-3-5-19(14)28-21(15-6-8-16(23)9-7-15)26-20(27-28)22(29)25-18-12-10-17(24)11-13-18/h2-13H,1H3,(H,25,29). The molecule has 1 aromatic heterocycles. The molecule has 1 amide bonds. The van der Waals surface area contributed by atoms with Gasteiger partial charge in [-0.25, -0.2) is 9.67 Å². The number of anilines is 1. The van der Waals surface area contributed by atoms with E-state index in [1.807, 2.05) is 43.3 Å². The molecule has 0 saturated carbocycles. The highest BCUT2D eigenvalue weighted by atomic mass is 35.5. The fourth-order valence-corrected chi connectivity index (χ4v) is 3.14. The summed E-state index contributed by atoms with van der Waals surface area (Å²) in [6.45, 7) is 1.98. The maximum Gasteiger partial charge on any atom is 0.295 e. The Labute approximate surface area is 177 Å². The molecule has 0 aliphatic rings. The number of aryl methyl sites for hydroxylation is 1. The van der Waals surface area contributed by atoms with E-state index in [0.29, 0.717) is 21.6 Å². The number of carbonyl (C=O) groups is 1.